The molecule has 0 aliphatic heterocycles. The fourth-order valence-electron chi connectivity index (χ4n) is 3.07. The van der Waals surface area contributed by atoms with E-state index in [0.29, 0.717) is 11.1 Å². The Balaban J connectivity index is 2.17. The van der Waals surface area contributed by atoms with E-state index in [9.17, 15) is 10.5 Å². The van der Waals surface area contributed by atoms with Crippen LogP contribution in [0.5, 0.6) is 0 Å². The minimum Gasteiger partial charge on any atom is -0.309 e. The van der Waals surface area contributed by atoms with Crippen molar-refractivity contribution in [2.24, 2.45) is 0 Å². The van der Waals surface area contributed by atoms with Crippen molar-refractivity contribution >= 4 is 21.8 Å². The van der Waals surface area contributed by atoms with Crippen LogP contribution in [0.25, 0.3) is 27.5 Å². The molecule has 1 aromatic heterocycles. The van der Waals surface area contributed by atoms with Gasteiger partial charge >= 0.3 is 0 Å². The average Bonchev–Trinajstić information content (AvgIpc) is 2.96. The summed E-state index contributed by atoms with van der Waals surface area (Å²) in [5.74, 6) is 0. The van der Waals surface area contributed by atoms with E-state index in [0.717, 1.165) is 27.5 Å². The van der Waals surface area contributed by atoms with Crippen molar-refractivity contribution in [1.82, 2.24) is 4.57 Å². The molecule has 23 heavy (non-hydrogen) atoms. The first-order chi connectivity index (χ1) is 11.3. The predicted octanol–water partition coefficient (Wildman–Crippen LogP) is 4.53. The second kappa shape index (κ2) is 5.02. The molecule has 0 spiro atoms. The Morgan fingerprint density at radius 1 is 0.652 bits per heavy atom. The van der Waals surface area contributed by atoms with Crippen molar-refractivity contribution in [3.8, 4) is 17.8 Å². The van der Waals surface area contributed by atoms with Crippen LogP contribution in [0.1, 0.15) is 11.1 Å². The molecule has 0 radical (unpaired) electrons. The highest BCUT2D eigenvalue weighted by atomic mass is 15.0. The van der Waals surface area contributed by atoms with E-state index >= 15 is 0 Å². The Labute approximate surface area is 133 Å². The molecule has 0 aliphatic rings. The van der Waals surface area contributed by atoms with Crippen LogP contribution in [0.4, 0.5) is 0 Å². The molecule has 106 valence electrons. The monoisotopic (exact) mass is 293 g/mol. The fourth-order valence-corrected chi connectivity index (χ4v) is 3.07. The maximum atomic E-state index is 9.24. The van der Waals surface area contributed by atoms with E-state index in [4.69, 9.17) is 0 Å². The van der Waals surface area contributed by atoms with Crippen molar-refractivity contribution in [3.05, 3.63) is 77.9 Å². The average molecular weight is 293 g/mol. The lowest BCUT2D eigenvalue weighted by atomic mass is 10.1. The molecule has 0 atom stereocenters. The summed E-state index contributed by atoms with van der Waals surface area (Å²) in [5, 5.41) is 20.8. The van der Waals surface area contributed by atoms with Gasteiger partial charge in [-0.2, -0.15) is 10.5 Å². The summed E-state index contributed by atoms with van der Waals surface area (Å²) in [6, 6.07) is 25.8. The van der Waals surface area contributed by atoms with E-state index in [-0.39, 0.29) is 0 Å². The van der Waals surface area contributed by atoms with Crippen molar-refractivity contribution in [2.45, 2.75) is 0 Å². The number of nitrogens with zero attached hydrogens (tertiary/aromatic N) is 3. The van der Waals surface area contributed by atoms with E-state index in [2.05, 4.69) is 41.0 Å². The number of hydrogen-bond donors (Lipinski definition) is 0. The Bertz CT molecular complexity index is 1050. The fraction of sp³-hybridized carbons (Fsp3) is 0. The maximum absolute atomic E-state index is 9.24. The Morgan fingerprint density at radius 3 is 1.61 bits per heavy atom. The minimum atomic E-state index is 0.487. The minimum absolute atomic E-state index is 0.487. The van der Waals surface area contributed by atoms with Crippen molar-refractivity contribution in [1.29, 1.82) is 10.5 Å². The van der Waals surface area contributed by atoms with Gasteiger partial charge in [0.25, 0.3) is 0 Å². The number of para-hydroxylation sites is 2. The third-order valence-electron chi connectivity index (χ3n) is 4.01. The van der Waals surface area contributed by atoms with E-state index in [1.807, 2.05) is 36.4 Å². The summed E-state index contributed by atoms with van der Waals surface area (Å²) in [6.07, 6.45) is 0. The SMILES string of the molecule is N#Cc1cc(C#N)cc(-n2c3ccccc3c3ccccc32)c1. The topological polar surface area (TPSA) is 52.5 Å². The van der Waals surface area contributed by atoms with Gasteiger partial charge in [0.05, 0.1) is 34.3 Å². The van der Waals surface area contributed by atoms with Gasteiger partial charge in [0.2, 0.25) is 0 Å². The largest absolute Gasteiger partial charge is 0.309 e. The molecule has 0 saturated heterocycles. The summed E-state index contributed by atoms with van der Waals surface area (Å²) >= 11 is 0. The first-order valence-corrected chi connectivity index (χ1v) is 7.25. The number of rotatable bonds is 1. The summed E-state index contributed by atoms with van der Waals surface area (Å²) in [6.45, 7) is 0. The molecule has 0 aliphatic carbocycles. The lowest BCUT2D eigenvalue weighted by Gasteiger charge is -2.08. The van der Waals surface area contributed by atoms with Crippen molar-refractivity contribution in [3.63, 3.8) is 0 Å². The number of aromatic nitrogens is 1. The molecule has 0 bridgehead atoms. The van der Waals surface area contributed by atoms with E-state index in [1.165, 1.54) is 0 Å². The summed E-state index contributed by atoms with van der Waals surface area (Å²) in [7, 11) is 0. The quantitative estimate of drug-likeness (QED) is 0.518. The summed E-state index contributed by atoms with van der Waals surface area (Å²) in [5.41, 5.74) is 3.93. The smallest absolute Gasteiger partial charge is 0.0992 e. The third kappa shape index (κ3) is 1.96. The van der Waals surface area contributed by atoms with Crippen LogP contribution in [0.3, 0.4) is 0 Å². The number of benzene rings is 3. The molecule has 0 saturated carbocycles. The zero-order chi connectivity index (χ0) is 15.8. The van der Waals surface area contributed by atoms with E-state index < -0.39 is 0 Å². The number of hydrogen-bond acceptors (Lipinski definition) is 2. The van der Waals surface area contributed by atoms with Crippen LogP contribution in [0.2, 0.25) is 0 Å². The zero-order valence-corrected chi connectivity index (χ0v) is 12.2. The molecule has 3 aromatic carbocycles. The van der Waals surface area contributed by atoms with Gasteiger partial charge in [-0.15, -0.1) is 0 Å². The number of nitriles is 2. The molecule has 1 heterocycles. The molecular formula is C20H11N3. The van der Waals surface area contributed by atoms with Crippen LogP contribution in [0.15, 0.2) is 66.7 Å². The third-order valence-corrected chi connectivity index (χ3v) is 4.01. The lowest BCUT2D eigenvalue weighted by molar-refractivity contribution is 1.17. The molecule has 3 heteroatoms. The zero-order valence-electron chi connectivity index (χ0n) is 12.2. The highest BCUT2D eigenvalue weighted by Gasteiger charge is 2.12. The van der Waals surface area contributed by atoms with Gasteiger partial charge in [-0.05, 0) is 30.3 Å². The Morgan fingerprint density at radius 2 is 1.13 bits per heavy atom. The van der Waals surface area contributed by atoms with Gasteiger partial charge in [-0.1, -0.05) is 36.4 Å². The Kier molecular flexibility index (Phi) is 2.86. The summed E-state index contributed by atoms with van der Waals surface area (Å²) in [4.78, 5) is 0. The molecule has 4 rings (SSSR count). The van der Waals surface area contributed by atoms with Gasteiger partial charge < -0.3 is 4.57 Å². The second-order valence-electron chi connectivity index (χ2n) is 5.36. The van der Waals surface area contributed by atoms with Gasteiger partial charge in [0, 0.05) is 16.5 Å². The first kappa shape index (κ1) is 13.1. The molecule has 0 fully saturated rings. The molecule has 0 N–H and O–H groups in total. The molecule has 3 nitrogen and oxygen atoms in total. The predicted molar refractivity (Wildman–Crippen MR) is 90.2 cm³/mol. The highest BCUT2D eigenvalue weighted by molar-refractivity contribution is 6.09. The van der Waals surface area contributed by atoms with Crippen LogP contribution in [-0.4, -0.2) is 4.57 Å². The maximum Gasteiger partial charge on any atom is 0.0992 e. The summed E-state index contributed by atoms with van der Waals surface area (Å²) < 4.78 is 2.10. The number of fused-ring (bicyclic) bond motifs is 3. The van der Waals surface area contributed by atoms with Gasteiger partial charge in [0.1, 0.15) is 0 Å². The standard InChI is InChI=1S/C20H11N3/c21-12-14-9-15(13-22)11-16(10-14)23-19-7-3-1-5-17(19)18-6-2-4-8-20(18)23/h1-11H. The van der Waals surface area contributed by atoms with Gasteiger partial charge in [0.15, 0.2) is 0 Å². The van der Waals surface area contributed by atoms with Crippen LogP contribution < -0.4 is 0 Å². The highest BCUT2D eigenvalue weighted by Crippen LogP contribution is 2.32. The van der Waals surface area contributed by atoms with Crippen LogP contribution in [-0.2, 0) is 0 Å². The lowest BCUT2D eigenvalue weighted by Crippen LogP contribution is -1.95. The molecular weight excluding hydrogens is 282 g/mol. The molecule has 4 aromatic rings. The van der Waals surface area contributed by atoms with Crippen LogP contribution >= 0.6 is 0 Å². The normalized spacial score (nSPS) is 10.5. The second-order valence-corrected chi connectivity index (χ2v) is 5.36. The van der Waals surface area contributed by atoms with Gasteiger partial charge in [-0.25, -0.2) is 0 Å². The van der Waals surface area contributed by atoms with E-state index in [1.54, 1.807) is 6.07 Å². The van der Waals surface area contributed by atoms with Gasteiger partial charge in [-0.3, -0.25) is 0 Å². The molecule has 0 unspecified atom stereocenters. The molecule has 0 amide bonds. The first-order valence-electron chi connectivity index (χ1n) is 7.25. The van der Waals surface area contributed by atoms with Crippen molar-refractivity contribution in [2.75, 3.05) is 0 Å². The van der Waals surface area contributed by atoms with Crippen molar-refractivity contribution < 1.29 is 0 Å². The Hall–Kier alpha value is -3.56. The van der Waals surface area contributed by atoms with Crippen LogP contribution in [0, 0.1) is 22.7 Å².